The molecule has 168 valence electrons. The Morgan fingerprint density at radius 1 is 1.13 bits per heavy atom. The molecule has 1 aliphatic rings. The quantitative estimate of drug-likeness (QED) is 0.617. The fraction of sp³-hybridized carbons (Fsp3) is 0.500. The molecular formula is C22H29N3O6. The summed E-state index contributed by atoms with van der Waals surface area (Å²) in [5.41, 5.74) is 0.613. The number of rotatable bonds is 10. The zero-order valence-electron chi connectivity index (χ0n) is 18.6. The van der Waals surface area contributed by atoms with E-state index in [-0.39, 0.29) is 30.1 Å². The van der Waals surface area contributed by atoms with Gasteiger partial charge in [0, 0.05) is 24.2 Å². The average molecular weight is 431 g/mol. The van der Waals surface area contributed by atoms with Gasteiger partial charge in [0.05, 0.1) is 27.9 Å². The lowest BCUT2D eigenvalue weighted by Gasteiger charge is -2.22. The lowest BCUT2D eigenvalue weighted by molar-refractivity contribution is 0.0712. The Morgan fingerprint density at radius 2 is 1.77 bits per heavy atom. The number of nitrogens with zero attached hydrogens (tertiary/aromatic N) is 2. The average Bonchev–Trinajstić information content (AvgIpc) is 3.51. The first-order valence-electron chi connectivity index (χ1n) is 10.2. The van der Waals surface area contributed by atoms with Crippen LogP contribution in [0.15, 0.2) is 22.7 Å². The first-order chi connectivity index (χ1) is 14.9. The maximum Gasteiger partial charge on any atom is 0.273 e. The summed E-state index contributed by atoms with van der Waals surface area (Å²) in [4.78, 5) is 27.2. The largest absolute Gasteiger partial charge is 0.493 e. The van der Waals surface area contributed by atoms with E-state index in [1.54, 1.807) is 23.1 Å². The van der Waals surface area contributed by atoms with Crippen molar-refractivity contribution >= 4 is 11.8 Å². The summed E-state index contributed by atoms with van der Waals surface area (Å²) in [6, 6.07) is 4.94. The van der Waals surface area contributed by atoms with Crippen LogP contribution in [0, 0.1) is 5.92 Å². The van der Waals surface area contributed by atoms with Crippen molar-refractivity contribution < 1.29 is 28.3 Å². The zero-order valence-corrected chi connectivity index (χ0v) is 18.6. The van der Waals surface area contributed by atoms with Gasteiger partial charge in [0.25, 0.3) is 11.8 Å². The Labute approximate surface area is 181 Å². The second-order valence-corrected chi connectivity index (χ2v) is 7.86. The van der Waals surface area contributed by atoms with Crippen molar-refractivity contribution in [2.75, 3.05) is 27.9 Å². The molecule has 0 aliphatic heterocycles. The summed E-state index contributed by atoms with van der Waals surface area (Å²) in [5, 5.41) is 6.66. The van der Waals surface area contributed by atoms with E-state index in [2.05, 4.69) is 10.5 Å². The third-order valence-corrected chi connectivity index (χ3v) is 4.95. The number of methoxy groups -OCH3 is 3. The molecule has 0 unspecified atom stereocenters. The van der Waals surface area contributed by atoms with Crippen molar-refractivity contribution in [1.82, 2.24) is 15.4 Å². The van der Waals surface area contributed by atoms with Crippen LogP contribution in [0.1, 0.15) is 53.3 Å². The monoisotopic (exact) mass is 431 g/mol. The predicted octanol–water partition coefficient (Wildman–Crippen LogP) is 2.89. The van der Waals surface area contributed by atoms with Gasteiger partial charge in [-0.15, -0.1) is 0 Å². The minimum absolute atomic E-state index is 0.106. The van der Waals surface area contributed by atoms with Crippen LogP contribution in [0.4, 0.5) is 0 Å². The first-order valence-corrected chi connectivity index (χ1v) is 10.2. The van der Waals surface area contributed by atoms with Gasteiger partial charge in [0.15, 0.2) is 23.0 Å². The molecule has 2 amide bonds. The Morgan fingerprint density at radius 3 is 2.29 bits per heavy atom. The summed E-state index contributed by atoms with van der Waals surface area (Å²) in [7, 11) is 4.52. The van der Waals surface area contributed by atoms with Crippen molar-refractivity contribution in [3.63, 3.8) is 0 Å². The van der Waals surface area contributed by atoms with E-state index in [1.807, 2.05) is 13.8 Å². The number of hydrogen-bond acceptors (Lipinski definition) is 7. The molecule has 0 radical (unpaired) electrons. The predicted molar refractivity (Wildman–Crippen MR) is 113 cm³/mol. The number of benzene rings is 1. The molecule has 0 atom stereocenters. The van der Waals surface area contributed by atoms with Crippen LogP contribution in [0.3, 0.4) is 0 Å². The lowest BCUT2D eigenvalue weighted by atomic mass is 10.1. The standard InChI is InChI=1S/C22H29N3O6/c1-13(2)11-23-21(26)17-10-16(31-24-17)12-25(15-6-7-15)22(27)14-8-18(28-3)20(30-5)19(9-14)29-4/h8-10,13,15H,6-7,11-12H2,1-5H3,(H,23,26). The molecule has 1 fully saturated rings. The highest BCUT2D eigenvalue weighted by atomic mass is 16.5. The fourth-order valence-corrected chi connectivity index (χ4v) is 3.17. The molecule has 1 aliphatic carbocycles. The molecule has 0 bridgehead atoms. The van der Waals surface area contributed by atoms with Crippen LogP contribution in [0.2, 0.25) is 0 Å². The Hall–Kier alpha value is -3.23. The molecule has 31 heavy (non-hydrogen) atoms. The third-order valence-electron chi connectivity index (χ3n) is 4.95. The topological polar surface area (TPSA) is 103 Å². The second-order valence-electron chi connectivity index (χ2n) is 7.86. The van der Waals surface area contributed by atoms with Crippen LogP contribution in [-0.4, -0.2) is 55.8 Å². The maximum atomic E-state index is 13.3. The van der Waals surface area contributed by atoms with E-state index >= 15 is 0 Å². The number of carbonyl (C=O) groups is 2. The Kier molecular flexibility index (Phi) is 7.04. The number of carbonyl (C=O) groups excluding carboxylic acids is 2. The molecule has 1 aromatic carbocycles. The first kappa shape index (κ1) is 22.5. The highest BCUT2D eigenvalue weighted by molar-refractivity contribution is 5.96. The normalized spacial score (nSPS) is 13.1. The summed E-state index contributed by atoms with van der Waals surface area (Å²) in [6.07, 6.45) is 1.82. The highest BCUT2D eigenvalue weighted by Crippen LogP contribution is 2.39. The molecule has 1 N–H and O–H groups in total. The minimum Gasteiger partial charge on any atom is -0.493 e. The van der Waals surface area contributed by atoms with Crippen LogP contribution >= 0.6 is 0 Å². The second kappa shape index (κ2) is 9.72. The molecular weight excluding hydrogens is 402 g/mol. The van der Waals surface area contributed by atoms with Gasteiger partial charge in [-0.2, -0.15) is 0 Å². The summed E-state index contributed by atoms with van der Waals surface area (Å²) in [5.74, 6) is 1.53. The van der Waals surface area contributed by atoms with Crippen LogP contribution in [0.5, 0.6) is 17.2 Å². The van der Waals surface area contributed by atoms with Crippen molar-refractivity contribution in [2.24, 2.45) is 5.92 Å². The Balaban J connectivity index is 1.79. The molecule has 1 heterocycles. The van der Waals surface area contributed by atoms with E-state index in [0.29, 0.717) is 41.0 Å². The fourth-order valence-electron chi connectivity index (χ4n) is 3.17. The summed E-state index contributed by atoms with van der Waals surface area (Å²) < 4.78 is 21.4. The van der Waals surface area contributed by atoms with Crippen molar-refractivity contribution in [1.29, 1.82) is 0 Å². The van der Waals surface area contributed by atoms with Gasteiger partial charge < -0.3 is 29.0 Å². The Bertz CT molecular complexity index is 910. The molecule has 0 saturated heterocycles. The maximum absolute atomic E-state index is 13.3. The third kappa shape index (κ3) is 5.28. The molecule has 0 spiro atoms. The van der Waals surface area contributed by atoms with Crippen molar-refractivity contribution in [3.8, 4) is 17.2 Å². The highest BCUT2D eigenvalue weighted by Gasteiger charge is 2.35. The van der Waals surface area contributed by atoms with E-state index < -0.39 is 0 Å². The van der Waals surface area contributed by atoms with Gasteiger partial charge >= 0.3 is 0 Å². The van der Waals surface area contributed by atoms with Gasteiger partial charge in [-0.05, 0) is 30.9 Å². The molecule has 1 saturated carbocycles. The van der Waals surface area contributed by atoms with Crippen LogP contribution < -0.4 is 19.5 Å². The minimum atomic E-state index is -0.294. The zero-order chi connectivity index (χ0) is 22.5. The molecule has 9 nitrogen and oxygen atoms in total. The van der Waals surface area contributed by atoms with E-state index in [1.165, 1.54) is 21.3 Å². The molecule has 2 aromatic rings. The van der Waals surface area contributed by atoms with Crippen molar-refractivity contribution in [3.05, 3.63) is 35.2 Å². The van der Waals surface area contributed by atoms with Crippen molar-refractivity contribution in [2.45, 2.75) is 39.3 Å². The van der Waals surface area contributed by atoms with Crippen LogP contribution in [0.25, 0.3) is 0 Å². The lowest BCUT2D eigenvalue weighted by Crippen LogP contribution is -2.32. The number of amides is 2. The molecule has 3 rings (SSSR count). The number of aromatic nitrogens is 1. The molecule has 9 heteroatoms. The smallest absolute Gasteiger partial charge is 0.273 e. The summed E-state index contributed by atoms with van der Waals surface area (Å²) in [6.45, 7) is 4.78. The van der Waals surface area contributed by atoms with E-state index in [4.69, 9.17) is 18.7 Å². The van der Waals surface area contributed by atoms with Crippen LogP contribution in [-0.2, 0) is 6.54 Å². The van der Waals surface area contributed by atoms with Gasteiger partial charge in [0.1, 0.15) is 0 Å². The van der Waals surface area contributed by atoms with Gasteiger partial charge in [0.2, 0.25) is 5.75 Å². The molecule has 1 aromatic heterocycles. The van der Waals surface area contributed by atoms with E-state index in [9.17, 15) is 9.59 Å². The number of ether oxygens (including phenoxy) is 3. The number of nitrogens with one attached hydrogen (secondary N) is 1. The summed E-state index contributed by atoms with van der Waals surface area (Å²) >= 11 is 0. The van der Waals surface area contributed by atoms with E-state index in [0.717, 1.165) is 12.8 Å². The van der Waals surface area contributed by atoms with Gasteiger partial charge in [-0.3, -0.25) is 9.59 Å². The van der Waals surface area contributed by atoms with Gasteiger partial charge in [-0.1, -0.05) is 19.0 Å². The SMILES string of the molecule is COc1cc(C(=O)N(Cc2cc(C(=O)NCC(C)C)no2)C2CC2)cc(OC)c1OC. The van der Waals surface area contributed by atoms with Gasteiger partial charge in [-0.25, -0.2) is 0 Å². The number of hydrogen-bond donors (Lipinski definition) is 1.